The first kappa shape index (κ1) is 18.4. The standard InChI is InChI=1S/C22H25N5O/c1-26-14-12-18(13-15-26)23-22(28)21-24-20(16-17-8-4-2-5-9-17)27(25-21)19-10-6-3-7-11-19/h2-11,18H,12-16H2,1H3,(H,23,28). The van der Waals surface area contributed by atoms with Crippen LogP contribution < -0.4 is 5.32 Å². The van der Waals surface area contributed by atoms with Gasteiger partial charge in [0.1, 0.15) is 5.82 Å². The lowest BCUT2D eigenvalue weighted by Gasteiger charge is -2.29. The van der Waals surface area contributed by atoms with Gasteiger partial charge in [-0.2, -0.15) is 0 Å². The van der Waals surface area contributed by atoms with E-state index in [2.05, 4.69) is 39.5 Å². The number of hydrogen-bond donors (Lipinski definition) is 1. The third-order valence-electron chi connectivity index (χ3n) is 5.14. The molecule has 1 N–H and O–H groups in total. The van der Waals surface area contributed by atoms with E-state index < -0.39 is 0 Å². The highest BCUT2D eigenvalue weighted by Gasteiger charge is 2.23. The Bertz CT molecular complexity index is 915. The highest BCUT2D eigenvalue weighted by molar-refractivity contribution is 5.90. The van der Waals surface area contributed by atoms with Gasteiger partial charge in [0.25, 0.3) is 5.91 Å². The number of carbonyl (C=O) groups excluding carboxylic acids is 1. The number of likely N-dealkylation sites (tertiary alicyclic amines) is 1. The molecule has 1 fully saturated rings. The molecular formula is C22H25N5O. The van der Waals surface area contributed by atoms with Crippen LogP contribution in [-0.4, -0.2) is 51.8 Å². The summed E-state index contributed by atoms with van der Waals surface area (Å²) in [6.07, 6.45) is 2.53. The number of benzene rings is 2. The highest BCUT2D eigenvalue weighted by Crippen LogP contribution is 2.15. The van der Waals surface area contributed by atoms with Crippen molar-refractivity contribution in [2.24, 2.45) is 0 Å². The summed E-state index contributed by atoms with van der Waals surface area (Å²) < 4.78 is 1.77. The molecule has 2 aromatic carbocycles. The van der Waals surface area contributed by atoms with Gasteiger partial charge in [0.2, 0.25) is 5.82 Å². The first-order valence-corrected chi connectivity index (χ1v) is 9.74. The van der Waals surface area contributed by atoms with Gasteiger partial charge in [-0.1, -0.05) is 48.5 Å². The van der Waals surface area contributed by atoms with Crippen LogP contribution in [0.4, 0.5) is 0 Å². The second kappa shape index (κ2) is 8.35. The van der Waals surface area contributed by atoms with Crippen molar-refractivity contribution in [3.8, 4) is 5.69 Å². The molecule has 1 amide bonds. The van der Waals surface area contributed by atoms with E-state index in [0.29, 0.717) is 6.42 Å². The predicted molar refractivity (Wildman–Crippen MR) is 109 cm³/mol. The van der Waals surface area contributed by atoms with Crippen LogP contribution in [0.5, 0.6) is 0 Å². The molecule has 28 heavy (non-hydrogen) atoms. The van der Waals surface area contributed by atoms with Crippen molar-refractivity contribution in [2.45, 2.75) is 25.3 Å². The molecule has 2 heterocycles. The summed E-state index contributed by atoms with van der Waals surface area (Å²) in [6.45, 7) is 1.99. The molecule has 4 rings (SSSR count). The van der Waals surface area contributed by atoms with Gasteiger partial charge in [0.05, 0.1) is 5.69 Å². The minimum atomic E-state index is -0.196. The molecule has 1 aromatic heterocycles. The molecule has 0 aliphatic carbocycles. The van der Waals surface area contributed by atoms with E-state index in [0.717, 1.165) is 43.0 Å². The van der Waals surface area contributed by atoms with E-state index in [1.807, 2.05) is 48.5 Å². The summed E-state index contributed by atoms with van der Waals surface area (Å²) in [7, 11) is 2.11. The molecule has 0 atom stereocenters. The smallest absolute Gasteiger partial charge is 0.291 e. The number of hydrogen-bond acceptors (Lipinski definition) is 4. The summed E-state index contributed by atoms with van der Waals surface area (Å²) in [6, 6.07) is 20.1. The molecule has 6 heteroatoms. The molecule has 1 saturated heterocycles. The molecule has 0 bridgehead atoms. The maximum atomic E-state index is 12.8. The van der Waals surface area contributed by atoms with Crippen molar-refractivity contribution in [2.75, 3.05) is 20.1 Å². The number of para-hydroxylation sites is 1. The lowest BCUT2D eigenvalue weighted by Crippen LogP contribution is -2.43. The van der Waals surface area contributed by atoms with Crippen molar-refractivity contribution in [1.82, 2.24) is 25.0 Å². The largest absolute Gasteiger partial charge is 0.346 e. The van der Waals surface area contributed by atoms with Gasteiger partial charge >= 0.3 is 0 Å². The minimum absolute atomic E-state index is 0.185. The molecule has 0 unspecified atom stereocenters. The van der Waals surface area contributed by atoms with Crippen LogP contribution in [0.15, 0.2) is 60.7 Å². The molecule has 1 aliphatic heterocycles. The number of carbonyl (C=O) groups is 1. The molecule has 3 aromatic rings. The zero-order valence-electron chi connectivity index (χ0n) is 16.1. The quantitative estimate of drug-likeness (QED) is 0.745. The molecule has 6 nitrogen and oxygen atoms in total. The molecule has 0 saturated carbocycles. The molecular weight excluding hydrogens is 350 g/mol. The summed E-state index contributed by atoms with van der Waals surface area (Å²) in [5, 5.41) is 7.65. The highest BCUT2D eigenvalue weighted by atomic mass is 16.2. The maximum Gasteiger partial charge on any atom is 0.291 e. The number of rotatable bonds is 5. The van der Waals surface area contributed by atoms with E-state index >= 15 is 0 Å². The number of aromatic nitrogens is 3. The Hall–Kier alpha value is -2.99. The van der Waals surface area contributed by atoms with Crippen molar-refractivity contribution < 1.29 is 4.79 Å². The van der Waals surface area contributed by atoms with Crippen molar-refractivity contribution in [1.29, 1.82) is 0 Å². The maximum absolute atomic E-state index is 12.8. The van der Waals surface area contributed by atoms with Crippen LogP contribution in [0.25, 0.3) is 5.69 Å². The lowest BCUT2D eigenvalue weighted by molar-refractivity contribution is 0.0906. The number of nitrogens with zero attached hydrogens (tertiary/aromatic N) is 4. The number of piperidine rings is 1. The van der Waals surface area contributed by atoms with Crippen LogP contribution in [-0.2, 0) is 6.42 Å². The molecule has 0 spiro atoms. The zero-order chi connectivity index (χ0) is 19.3. The summed E-state index contributed by atoms with van der Waals surface area (Å²) in [4.78, 5) is 19.7. The van der Waals surface area contributed by atoms with Crippen LogP contribution in [0.1, 0.15) is 34.8 Å². The second-order valence-corrected chi connectivity index (χ2v) is 7.31. The Balaban J connectivity index is 1.58. The fraction of sp³-hybridized carbons (Fsp3) is 0.318. The third kappa shape index (κ3) is 4.28. The van der Waals surface area contributed by atoms with E-state index in [4.69, 9.17) is 0 Å². The van der Waals surface area contributed by atoms with Crippen LogP contribution in [0, 0.1) is 0 Å². The van der Waals surface area contributed by atoms with Gasteiger partial charge in [-0.25, -0.2) is 9.67 Å². The number of amides is 1. The van der Waals surface area contributed by atoms with Crippen molar-refractivity contribution >= 4 is 5.91 Å². The van der Waals surface area contributed by atoms with Gasteiger partial charge in [-0.3, -0.25) is 4.79 Å². The van der Waals surface area contributed by atoms with Crippen molar-refractivity contribution in [3.63, 3.8) is 0 Å². The predicted octanol–water partition coefficient (Wildman–Crippen LogP) is 2.68. The van der Waals surface area contributed by atoms with E-state index in [-0.39, 0.29) is 17.8 Å². The normalized spacial score (nSPS) is 15.5. The SMILES string of the molecule is CN1CCC(NC(=O)c2nc(Cc3ccccc3)n(-c3ccccc3)n2)CC1. The Kier molecular flexibility index (Phi) is 5.48. The average Bonchev–Trinajstić information content (AvgIpc) is 3.15. The van der Waals surface area contributed by atoms with E-state index in [9.17, 15) is 4.79 Å². The van der Waals surface area contributed by atoms with Crippen LogP contribution >= 0.6 is 0 Å². The molecule has 1 aliphatic rings. The monoisotopic (exact) mass is 375 g/mol. The van der Waals surface area contributed by atoms with Crippen molar-refractivity contribution in [3.05, 3.63) is 77.9 Å². The fourth-order valence-corrected chi connectivity index (χ4v) is 3.51. The Morgan fingerprint density at radius 3 is 2.36 bits per heavy atom. The van der Waals surface area contributed by atoms with E-state index in [1.165, 1.54) is 0 Å². The fourth-order valence-electron chi connectivity index (χ4n) is 3.51. The second-order valence-electron chi connectivity index (χ2n) is 7.31. The average molecular weight is 375 g/mol. The van der Waals surface area contributed by atoms with Gasteiger partial charge in [0, 0.05) is 12.5 Å². The number of nitrogens with one attached hydrogen (secondary N) is 1. The minimum Gasteiger partial charge on any atom is -0.346 e. The Morgan fingerprint density at radius 1 is 1.04 bits per heavy atom. The first-order valence-electron chi connectivity index (χ1n) is 9.74. The topological polar surface area (TPSA) is 63.1 Å². The molecule has 144 valence electrons. The zero-order valence-corrected chi connectivity index (χ0v) is 16.1. The first-order chi connectivity index (χ1) is 13.7. The third-order valence-corrected chi connectivity index (χ3v) is 5.14. The van der Waals surface area contributed by atoms with E-state index in [1.54, 1.807) is 4.68 Å². The van der Waals surface area contributed by atoms with Gasteiger partial charge in [-0.05, 0) is 50.7 Å². The summed E-state index contributed by atoms with van der Waals surface area (Å²) in [5.41, 5.74) is 2.04. The molecule has 0 radical (unpaired) electrons. The van der Waals surface area contributed by atoms with Gasteiger partial charge in [0.15, 0.2) is 0 Å². The van der Waals surface area contributed by atoms with Gasteiger partial charge < -0.3 is 10.2 Å². The van der Waals surface area contributed by atoms with Crippen LogP contribution in [0.2, 0.25) is 0 Å². The van der Waals surface area contributed by atoms with Crippen LogP contribution in [0.3, 0.4) is 0 Å². The summed E-state index contributed by atoms with van der Waals surface area (Å²) >= 11 is 0. The Morgan fingerprint density at radius 2 is 1.68 bits per heavy atom. The van der Waals surface area contributed by atoms with Gasteiger partial charge in [-0.15, -0.1) is 5.10 Å². The summed E-state index contributed by atoms with van der Waals surface area (Å²) in [5.74, 6) is 0.790. The Labute approximate surface area is 165 Å². The lowest BCUT2D eigenvalue weighted by atomic mass is 10.1.